The van der Waals surface area contributed by atoms with Crippen LogP contribution in [-0.4, -0.2) is 41.1 Å². The predicted octanol–water partition coefficient (Wildman–Crippen LogP) is 2.80. The number of hydrogen-bond donors (Lipinski definition) is 0. The van der Waals surface area contributed by atoms with Crippen LogP contribution < -0.4 is 9.64 Å². The average molecular weight is 330 g/mol. The summed E-state index contributed by atoms with van der Waals surface area (Å²) in [6.45, 7) is 7.34. The molecule has 1 aliphatic rings. The summed E-state index contributed by atoms with van der Waals surface area (Å²) in [5, 5.41) is 8.76. The molecule has 0 bridgehead atoms. The highest BCUT2D eigenvalue weighted by Crippen LogP contribution is 2.21. The van der Waals surface area contributed by atoms with Crippen LogP contribution in [0.3, 0.4) is 0 Å². The molecule has 0 spiro atoms. The Balaban J connectivity index is 1.68. The van der Waals surface area contributed by atoms with Crippen molar-refractivity contribution in [3.63, 3.8) is 0 Å². The molecule has 24 heavy (non-hydrogen) atoms. The molecule has 0 saturated carbocycles. The van der Waals surface area contributed by atoms with Gasteiger partial charge < -0.3 is 14.4 Å². The molecule has 0 amide bonds. The Morgan fingerprint density at radius 1 is 1.21 bits per heavy atom. The lowest BCUT2D eigenvalue weighted by Crippen LogP contribution is -2.38. The second-order valence-electron chi connectivity index (χ2n) is 6.19. The van der Waals surface area contributed by atoms with E-state index in [9.17, 15) is 0 Å². The van der Waals surface area contributed by atoms with Crippen LogP contribution in [0.2, 0.25) is 0 Å². The molecule has 0 N–H and O–H groups in total. The van der Waals surface area contributed by atoms with Crippen LogP contribution in [0.1, 0.15) is 31.2 Å². The van der Waals surface area contributed by atoms with Crippen LogP contribution >= 0.6 is 0 Å². The van der Waals surface area contributed by atoms with Crippen LogP contribution in [0.25, 0.3) is 0 Å². The number of hydrogen-bond acceptors (Lipinski definition) is 5. The van der Waals surface area contributed by atoms with E-state index in [1.54, 1.807) is 7.11 Å². The maximum atomic E-state index is 5.89. The molecule has 0 radical (unpaired) electrons. The molecule has 130 valence electrons. The van der Waals surface area contributed by atoms with Crippen LogP contribution in [0.15, 0.2) is 24.3 Å². The SMILES string of the molecule is CCn1c(COc2cccc(C)c2)nnc1N1CCC(OC)CC1. The van der Waals surface area contributed by atoms with Crippen LogP contribution in [0.4, 0.5) is 5.95 Å². The number of piperidine rings is 1. The van der Waals surface area contributed by atoms with Crippen molar-refractivity contribution >= 4 is 5.95 Å². The van der Waals surface area contributed by atoms with E-state index in [1.165, 1.54) is 5.56 Å². The van der Waals surface area contributed by atoms with Gasteiger partial charge in [0.25, 0.3) is 0 Å². The first-order chi connectivity index (χ1) is 11.7. The first-order valence-electron chi connectivity index (χ1n) is 8.60. The lowest BCUT2D eigenvalue weighted by molar-refractivity contribution is 0.0815. The Morgan fingerprint density at radius 2 is 2.00 bits per heavy atom. The molecule has 2 heterocycles. The second kappa shape index (κ2) is 7.66. The standard InChI is InChI=1S/C18H26N4O2/c1-4-22-17(13-24-16-7-5-6-14(2)12-16)19-20-18(22)21-10-8-15(23-3)9-11-21/h5-7,12,15H,4,8-11,13H2,1-3H3. The fraction of sp³-hybridized carbons (Fsp3) is 0.556. The van der Waals surface area contributed by atoms with E-state index in [4.69, 9.17) is 9.47 Å². The van der Waals surface area contributed by atoms with Crippen molar-refractivity contribution in [2.24, 2.45) is 0 Å². The van der Waals surface area contributed by atoms with E-state index in [0.29, 0.717) is 12.7 Å². The van der Waals surface area contributed by atoms with Gasteiger partial charge in [0.05, 0.1) is 6.10 Å². The van der Waals surface area contributed by atoms with Gasteiger partial charge in [-0.25, -0.2) is 0 Å². The Labute approximate surface area is 143 Å². The molecule has 0 aliphatic carbocycles. The highest BCUT2D eigenvalue weighted by molar-refractivity contribution is 5.32. The first kappa shape index (κ1) is 16.8. The number of aryl methyl sites for hydroxylation is 1. The Bertz CT molecular complexity index is 663. The minimum Gasteiger partial charge on any atom is -0.486 e. The molecule has 1 aromatic heterocycles. The van der Waals surface area contributed by atoms with E-state index in [2.05, 4.69) is 39.6 Å². The largest absolute Gasteiger partial charge is 0.486 e. The molecule has 0 atom stereocenters. The third-order valence-corrected chi connectivity index (χ3v) is 4.54. The average Bonchev–Trinajstić information content (AvgIpc) is 3.03. The molecule has 1 fully saturated rings. The number of nitrogens with zero attached hydrogens (tertiary/aromatic N) is 4. The minimum absolute atomic E-state index is 0.364. The van der Waals surface area contributed by atoms with Crippen molar-refractivity contribution in [3.05, 3.63) is 35.7 Å². The monoisotopic (exact) mass is 330 g/mol. The van der Waals surface area contributed by atoms with E-state index >= 15 is 0 Å². The van der Waals surface area contributed by atoms with Crippen LogP contribution in [0, 0.1) is 6.92 Å². The van der Waals surface area contributed by atoms with Crippen molar-refractivity contribution in [2.75, 3.05) is 25.1 Å². The maximum Gasteiger partial charge on any atom is 0.227 e. The molecule has 1 aliphatic heterocycles. The highest BCUT2D eigenvalue weighted by Gasteiger charge is 2.23. The van der Waals surface area contributed by atoms with Gasteiger partial charge in [-0.2, -0.15) is 0 Å². The number of methoxy groups -OCH3 is 1. The van der Waals surface area contributed by atoms with Gasteiger partial charge in [0.15, 0.2) is 5.82 Å². The smallest absolute Gasteiger partial charge is 0.227 e. The molecule has 1 aromatic carbocycles. The highest BCUT2D eigenvalue weighted by atomic mass is 16.5. The van der Waals surface area contributed by atoms with Crippen molar-refractivity contribution in [2.45, 2.75) is 45.9 Å². The summed E-state index contributed by atoms with van der Waals surface area (Å²) in [5.41, 5.74) is 1.19. The fourth-order valence-electron chi connectivity index (χ4n) is 3.14. The summed E-state index contributed by atoms with van der Waals surface area (Å²) in [4.78, 5) is 2.29. The van der Waals surface area contributed by atoms with Gasteiger partial charge in [0, 0.05) is 26.7 Å². The molecule has 6 heteroatoms. The van der Waals surface area contributed by atoms with E-state index in [-0.39, 0.29) is 0 Å². The first-order valence-corrected chi connectivity index (χ1v) is 8.60. The van der Waals surface area contributed by atoms with Crippen LogP contribution in [0.5, 0.6) is 5.75 Å². The summed E-state index contributed by atoms with van der Waals surface area (Å²) in [7, 11) is 1.79. The van der Waals surface area contributed by atoms with Crippen molar-refractivity contribution in [3.8, 4) is 5.75 Å². The van der Waals surface area contributed by atoms with Crippen molar-refractivity contribution in [1.82, 2.24) is 14.8 Å². The molecule has 1 saturated heterocycles. The predicted molar refractivity (Wildman–Crippen MR) is 93.5 cm³/mol. The third-order valence-electron chi connectivity index (χ3n) is 4.54. The number of anilines is 1. The van der Waals surface area contributed by atoms with Gasteiger partial charge in [-0.3, -0.25) is 4.57 Å². The summed E-state index contributed by atoms with van der Waals surface area (Å²) >= 11 is 0. The zero-order chi connectivity index (χ0) is 16.9. The number of rotatable bonds is 6. The molecule has 2 aromatic rings. The summed E-state index contributed by atoms with van der Waals surface area (Å²) in [6, 6.07) is 8.06. The van der Waals surface area contributed by atoms with Gasteiger partial charge in [0.1, 0.15) is 12.4 Å². The molecule has 6 nitrogen and oxygen atoms in total. The Morgan fingerprint density at radius 3 is 2.67 bits per heavy atom. The van der Waals surface area contributed by atoms with Crippen molar-refractivity contribution < 1.29 is 9.47 Å². The molecular weight excluding hydrogens is 304 g/mol. The van der Waals surface area contributed by atoms with Gasteiger partial charge in [-0.15, -0.1) is 10.2 Å². The fourth-order valence-corrected chi connectivity index (χ4v) is 3.14. The Hall–Kier alpha value is -2.08. The van der Waals surface area contributed by atoms with Gasteiger partial charge in [-0.1, -0.05) is 12.1 Å². The topological polar surface area (TPSA) is 52.4 Å². The summed E-state index contributed by atoms with van der Waals surface area (Å²) in [6.07, 6.45) is 2.42. The zero-order valence-electron chi connectivity index (χ0n) is 14.7. The maximum absolute atomic E-state index is 5.89. The van der Waals surface area contributed by atoms with Gasteiger partial charge in [0.2, 0.25) is 5.95 Å². The quantitative estimate of drug-likeness (QED) is 0.815. The van der Waals surface area contributed by atoms with E-state index < -0.39 is 0 Å². The van der Waals surface area contributed by atoms with E-state index in [1.807, 2.05) is 18.2 Å². The van der Waals surface area contributed by atoms with E-state index in [0.717, 1.165) is 50.0 Å². The Kier molecular flexibility index (Phi) is 5.35. The second-order valence-corrected chi connectivity index (χ2v) is 6.19. The van der Waals surface area contributed by atoms with Crippen LogP contribution in [-0.2, 0) is 17.9 Å². The lowest BCUT2D eigenvalue weighted by atomic mass is 10.1. The molecule has 0 unspecified atom stereocenters. The lowest BCUT2D eigenvalue weighted by Gasteiger charge is -2.31. The number of ether oxygens (including phenoxy) is 2. The number of benzene rings is 1. The van der Waals surface area contributed by atoms with Gasteiger partial charge >= 0.3 is 0 Å². The van der Waals surface area contributed by atoms with Gasteiger partial charge in [-0.05, 0) is 44.4 Å². The normalized spacial score (nSPS) is 15.7. The summed E-state index contributed by atoms with van der Waals surface area (Å²) in [5.74, 6) is 2.67. The molecule has 3 rings (SSSR count). The minimum atomic E-state index is 0.364. The summed E-state index contributed by atoms with van der Waals surface area (Å²) < 4.78 is 13.5. The number of aromatic nitrogens is 3. The van der Waals surface area contributed by atoms with Crippen molar-refractivity contribution in [1.29, 1.82) is 0 Å². The molecular formula is C18H26N4O2. The zero-order valence-corrected chi connectivity index (χ0v) is 14.7. The third kappa shape index (κ3) is 3.70.